The van der Waals surface area contributed by atoms with Crippen LogP contribution in [0.1, 0.15) is 52.4 Å². The topological polar surface area (TPSA) is 140 Å². The first kappa shape index (κ1) is 27.0. The molecule has 1 fully saturated rings. The smallest absolute Gasteiger partial charge is 0.310 e. The van der Waals surface area contributed by atoms with E-state index in [2.05, 4.69) is 0 Å². The molecule has 2 heterocycles. The van der Waals surface area contributed by atoms with Gasteiger partial charge in [-0.15, -0.1) is 0 Å². The summed E-state index contributed by atoms with van der Waals surface area (Å²) in [6.07, 6.45) is 1.79. The van der Waals surface area contributed by atoms with Gasteiger partial charge in [0.1, 0.15) is 24.4 Å². The first-order chi connectivity index (χ1) is 15.6. The van der Waals surface area contributed by atoms with Crippen LogP contribution in [0.15, 0.2) is 34.4 Å². The Balaban J connectivity index is 2.28. The van der Waals surface area contributed by atoms with Gasteiger partial charge in [0.05, 0.1) is 25.6 Å². The standard InChI is InChI=1S/C23H31ClO9/c1-13(9-21(28)29)8-18(27)23-20-10-17(32-23)7-6-16(24)5-3-4-15(12-25)19(31-14(2)26)11-22(30)33-20/h4-5,8,17-20,23,25,27H,3,6-7,9-12H2,1-2H3,(H,28,29)/b13-8+,15-4-,16-5-/t17-,18-,19-,20-,23-/m1/s1. The Kier molecular flexibility index (Phi) is 10.6. The maximum Gasteiger partial charge on any atom is 0.310 e. The van der Waals surface area contributed by atoms with Crippen LogP contribution in [0.3, 0.4) is 0 Å². The lowest BCUT2D eigenvalue weighted by Gasteiger charge is -2.24. The number of aliphatic hydroxyl groups is 2. The summed E-state index contributed by atoms with van der Waals surface area (Å²) in [5, 5.41) is 29.9. The van der Waals surface area contributed by atoms with Gasteiger partial charge >= 0.3 is 17.9 Å². The summed E-state index contributed by atoms with van der Waals surface area (Å²) >= 11 is 6.30. The molecule has 33 heavy (non-hydrogen) atoms. The molecule has 0 aromatic rings. The average molecular weight is 487 g/mol. The minimum absolute atomic E-state index is 0.238. The predicted octanol–water partition coefficient (Wildman–Crippen LogP) is 2.38. The number of hydrogen-bond donors (Lipinski definition) is 3. The quantitative estimate of drug-likeness (QED) is 0.381. The summed E-state index contributed by atoms with van der Waals surface area (Å²) in [6.45, 7) is 2.37. The highest BCUT2D eigenvalue weighted by molar-refractivity contribution is 6.29. The molecule has 10 heteroatoms. The number of hydrogen-bond acceptors (Lipinski definition) is 8. The fourth-order valence-corrected chi connectivity index (χ4v) is 4.10. The fraction of sp³-hybridized carbons (Fsp3) is 0.609. The van der Waals surface area contributed by atoms with Gasteiger partial charge in [0.25, 0.3) is 0 Å². The maximum absolute atomic E-state index is 12.7. The number of ether oxygens (including phenoxy) is 3. The molecule has 1 saturated heterocycles. The number of carbonyl (C=O) groups excluding carboxylic acids is 2. The van der Waals surface area contributed by atoms with Crippen molar-refractivity contribution in [1.29, 1.82) is 0 Å². The first-order valence-corrected chi connectivity index (χ1v) is 11.2. The molecular weight excluding hydrogens is 456 g/mol. The summed E-state index contributed by atoms with van der Waals surface area (Å²) in [6, 6.07) is 0. The Bertz CT molecular complexity index is 817. The van der Waals surface area contributed by atoms with Gasteiger partial charge in [-0.2, -0.15) is 0 Å². The van der Waals surface area contributed by atoms with Crippen molar-refractivity contribution < 1.29 is 43.9 Å². The molecule has 0 aromatic heterocycles. The van der Waals surface area contributed by atoms with E-state index in [4.69, 9.17) is 30.9 Å². The number of carboxylic acid groups (broad SMARTS) is 1. The van der Waals surface area contributed by atoms with Crippen LogP contribution >= 0.6 is 11.6 Å². The van der Waals surface area contributed by atoms with Crippen LogP contribution in [0, 0.1) is 0 Å². The average Bonchev–Trinajstić information content (AvgIpc) is 3.10. The van der Waals surface area contributed by atoms with Gasteiger partial charge < -0.3 is 29.5 Å². The number of esters is 2. The monoisotopic (exact) mass is 486 g/mol. The van der Waals surface area contributed by atoms with Crippen molar-refractivity contribution in [2.24, 2.45) is 0 Å². The molecule has 9 nitrogen and oxygen atoms in total. The lowest BCUT2D eigenvalue weighted by Crippen LogP contribution is -2.37. The second-order valence-electron chi connectivity index (χ2n) is 8.23. The van der Waals surface area contributed by atoms with Crippen molar-refractivity contribution >= 4 is 29.5 Å². The molecule has 2 aliphatic rings. The Morgan fingerprint density at radius 3 is 2.70 bits per heavy atom. The van der Waals surface area contributed by atoms with Crippen LogP contribution in [0.5, 0.6) is 0 Å². The largest absolute Gasteiger partial charge is 0.481 e. The number of fused-ring (bicyclic) bond motifs is 2. The molecule has 2 rings (SSSR count). The van der Waals surface area contributed by atoms with Crippen LogP contribution in [0.4, 0.5) is 0 Å². The van der Waals surface area contributed by atoms with Crippen LogP contribution in [0.2, 0.25) is 0 Å². The van der Waals surface area contributed by atoms with Crippen molar-refractivity contribution in [1.82, 2.24) is 0 Å². The lowest BCUT2D eigenvalue weighted by atomic mass is 10.0. The minimum atomic E-state index is -1.19. The van der Waals surface area contributed by atoms with Gasteiger partial charge in [-0.05, 0) is 31.8 Å². The zero-order valence-electron chi connectivity index (χ0n) is 18.7. The van der Waals surface area contributed by atoms with Gasteiger partial charge in [0.15, 0.2) is 0 Å². The molecule has 184 valence electrons. The highest BCUT2D eigenvalue weighted by Gasteiger charge is 2.41. The first-order valence-electron chi connectivity index (χ1n) is 10.8. The van der Waals surface area contributed by atoms with Gasteiger partial charge in [0.2, 0.25) is 0 Å². The van der Waals surface area contributed by atoms with Crippen LogP contribution in [-0.4, -0.2) is 70.4 Å². The third kappa shape index (κ3) is 8.92. The van der Waals surface area contributed by atoms with Crippen LogP contribution < -0.4 is 0 Å². The van der Waals surface area contributed by atoms with Crippen molar-refractivity contribution in [3.8, 4) is 0 Å². The molecule has 0 unspecified atom stereocenters. The van der Waals surface area contributed by atoms with E-state index in [1.165, 1.54) is 13.0 Å². The molecule has 0 aromatic carbocycles. The maximum atomic E-state index is 12.7. The third-order valence-corrected chi connectivity index (χ3v) is 5.74. The molecule has 2 bridgehead atoms. The Labute approximate surface area is 197 Å². The van der Waals surface area contributed by atoms with E-state index < -0.39 is 48.9 Å². The summed E-state index contributed by atoms with van der Waals surface area (Å²) < 4.78 is 16.8. The molecule has 0 radical (unpaired) electrons. The second-order valence-corrected chi connectivity index (χ2v) is 8.71. The molecule has 0 aliphatic carbocycles. The Morgan fingerprint density at radius 1 is 1.33 bits per heavy atom. The molecule has 5 atom stereocenters. The summed E-state index contributed by atoms with van der Waals surface area (Å²) in [5.74, 6) is -2.32. The second kappa shape index (κ2) is 12.9. The zero-order valence-corrected chi connectivity index (χ0v) is 19.5. The zero-order chi connectivity index (χ0) is 24.5. The van der Waals surface area contributed by atoms with Crippen LogP contribution in [-0.2, 0) is 28.6 Å². The van der Waals surface area contributed by atoms with E-state index in [1.807, 2.05) is 0 Å². The van der Waals surface area contributed by atoms with Gasteiger partial charge in [-0.3, -0.25) is 14.4 Å². The van der Waals surface area contributed by atoms with Gasteiger partial charge in [-0.1, -0.05) is 35.4 Å². The van der Waals surface area contributed by atoms with E-state index in [1.54, 1.807) is 19.1 Å². The number of carbonyl (C=O) groups is 3. The molecular formula is C23H31ClO9. The van der Waals surface area contributed by atoms with E-state index in [0.29, 0.717) is 41.9 Å². The normalized spacial score (nSPS) is 31.3. The molecule has 0 saturated carbocycles. The van der Waals surface area contributed by atoms with E-state index in [0.717, 1.165) is 0 Å². The molecule has 2 aliphatic heterocycles. The number of halogens is 1. The van der Waals surface area contributed by atoms with Crippen LogP contribution in [0.25, 0.3) is 0 Å². The molecule has 0 amide bonds. The third-order valence-electron chi connectivity index (χ3n) is 5.40. The number of aliphatic hydroxyl groups excluding tert-OH is 2. The summed E-state index contributed by atoms with van der Waals surface area (Å²) in [4.78, 5) is 35.2. The highest BCUT2D eigenvalue weighted by Crippen LogP contribution is 2.31. The Hall–Kier alpha value is -2.20. The van der Waals surface area contributed by atoms with E-state index in [-0.39, 0.29) is 18.9 Å². The van der Waals surface area contributed by atoms with Crippen molar-refractivity contribution in [3.63, 3.8) is 0 Å². The highest BCUT2D eigenvalue weighted by atomic mass is 35.5. The minimum Gasteiger partial charge on any atom is -0.481 e. The number of carboxylic acids is 1. The Morgan fingerprint density at radius 2 is 2.06 bits per heavy atom. The number of aliphatic carboxylic acids is 1. The summed E-state index contributed by atoms with van der Waals surface area (Å²) in [7, 11) is 0. The van der Waals surface area contributed by atoms with Crippen molar-refractivity contribution in [2.45, 2.75) is 82.9 Å². The van der Waals surface area contributed by atoms with Crippen molar-refractivity contribution in [3.05, 3.63) is 34.4 Å². The van der Waals surface area contributed by atoms with Gasteiger partial charge in [-0.25, -0.2) is 0 Å². The molecule has 3 N–H and O–H groups in total. The molecule has 0 spiro atoms. The van der Waals surface area contributed by atoms with E-state index >= 15 is 0 Å². The number of rotatable bonds is 6. The fourth-order valence-electron chi connectivity index (χ4n) is 3.90. The number of allylic oxidation sites excluding steroid dienone is 3. The van der Waals surface area contributed by atoms with Gasteiger partial charge in [0, 0.05) is 18.4 Å². The predicted molar refractivity (Wildman–Crippen MR) is 118 cm³/mol. The lowest BCUT2D eigenvalue weighted by molar-refractivity contribution is -0.159. The van der Waals surface area contributed by atoms with E-state index in [9.17, 15) is 24.6 Å². The van der Waals surface area contributed by atoms with Crippen molar-refractivity contribution in [2.75, 3.05) is 6.61 Å². The summed E-state index contributed by atoms with van der Waals surface area (Å²) in [5.41, 5.74) is 0.793. The SMILES string of the molecule is CC(=O)O[C@@H]1CC(=O)O[C@@H]2C[C@@H](CC/C(Cl)=C/C/C=C\1CO)O[C@@H]2[C@H](O)/C=C(\C)CC(=O)O.